The Morgan fingerprint density at radius 1 is 0.384 bits per heavy atom. The maximum Gasteiger partial charge on any atom is 0.206 e. The van der Waals surface area contributed by atoms with Gasteiger partial charge in [-0.25, -0.2) is 42.1 Å². The zero-order valence-corrected chi connectivity index (χ0v) is 55.2. The number of unbranched alkanes of at least 4 members (excludes halogenated alkanes) is 13. The number of sulfone groups is 5. The van der Waals surface area contributed by atoms with Crippen molar-refractivity contribution >= 4 is 83.9 Å². The number of nitrogens with zero attached hydrogens (tertiary/aromatic N) is 1. The molecule has 7 rings (SSSR count). The van der Waals surface area contributed by atoms with E-state index in [1.54, 1.807) is 153 Å². The third-order valence-electron chi connectivity index (χ3n) is 13.7. The summed E-state index contributed by atoms with van der Waals surface area (Å²) in [6, 6.07) is 48.1. The molecule has 0 fully saturated rings. The molecule has 13 nitrogen and oxygen atoms in total. The standard InChI is InChI=1S/C22H39NO2S.C18H23NO4S2.C14H12O3S.C12H8Cl2O2S/c1-2-3-4-5-6-7-8-9-10-11-12-13-14-15-20-26(24,25)22-18-16-21(23)17-19-22;1-4-19(13-24(20,21)17-9-5-15(2)6-10-17)14-25(22,23)18-11-7-16(3)8-12-18;15-14(12-7-3-1-4-8-12)11-18(16,17)13-9-5-2-6-10-13;13-9-1-5-11(6-2-9)17(15,16)12-7-3-10(14)4-8-12/h16-19H,2-15,20,23H2,1H3;5-12H,4,13-14H2,1-3H3;1-10H,11H2;1-8H. The summed E-state index contributed by atoms with van der Waals surface area (Å²) in [5, 5.41) is 1.00. The van der Waals surface area contributed by atoms with Crippen LogP contribution >= 0.6 is 23.2 Å². The highest BCUT2D eigenvalue weighted by Crippen LogP contribution is 2.25. The number of hydrogen-bond donors (Lipinski definition) is 1. The molecule has 0 heterocycles. The van der Waals surface area contributed by atoms with Gasteiger partial charge in [0.1, 0.15) is 17.5 Å². The minimum Gasteiger partial charge on any atom is -0.399 e. The van der Waals surface area contributed by atoms with E-state index in [0.717, 1.165) is 30.4 Å². The topological polar surface area (TPSA) is 217 Å². The van der Waals surface area contributed by atoms with E-state index in [-0.39, 0.29) is 47.8 Å². The number of carbonyl (C=O) groups excluding carboxylic acids is 1. The van der Waals surface area contributed by atoms with Gasteiger partial charge >= 0.3 is 0 Å². The quantitative estimate of drug-likeness (QED) is 0.0262. The molecule has 0 saturated carbocycles. The van der Waals surface area contributed by atoms with Gasteiger partial charge in [-0.05, 0) is 136 Å². The molecule has 0 bridgehead atoms. The number of nitrogen functional groups attached to an aromatic ring is 1. The summed E-state index contributed by atoms with van der Waals surface area (Å²) < 4.78 is 123. The first-order valence-corrected chi connectivity index (χ1v) is 37.7. The molecule has 0 radical (unpaired) electrons. The molecule has 2 N–H and O–H groups in total. The first-order valence-electron chi connectivity index (χ1n) is 28.8. The smallest absolute Gasteiger partial charge is 0.206 e. The Hall–Kier alpha value is -5.70. The van der Waals surface area contributed by atoms with Crippen molar-refractivity contribution in [3.05, 3.63) is 209 Å². The van der Waals surface area contributed by atoms with Gasteiger partial charge in [-0.3, -0.25) is 9.69 Å². The molecule has 466 valence electrons. The Morgan fingerprint density at radius 2 is 0.709 bits per heavy atom. The van der Waals surface area contributed by atoms with Crippen molar-refractivity contribution in [1.82, 2.24) is 4.90 Å². The molecular formula is C66H82Cl2N2O11S5. The van der Waals surface area contributed by atoms with Gasteiger partial charge in [0, 0.05) is 21.3 Å². The molecule has 7 aromatic carbocycles. The van der Waals surface area contributed by atoms with Crippen LogP contribution in [0.25, 0.3) is 0 Å². The molecule has 0 atom stereocenters. The molecule has 0 aliphatic carbocycles. The van der Waals surface area contributed by atoms with Crippen LogP contribution < -0.4 is 5.73 Å². The van der Waals surface area contributed by atoms with Gasteiger partial charge < -0.3 is 5.73 Å². The molecule has 0 aromatic heterocycles. The maximum atomic E-state index is 12.5. The highest BCUT2D eigenvalue weighted by Gasteiger charge is 2.25. The van der Waals surface area contributed by atoms with Gasteiger partial charge in [0.25, 0.3) is 0 Å². The van der Waals surface area contributed by atoms with Gasteiger partial charge in [0.05, 0.1) is 35.1 Å². The van der Waals surface area contributed by atoms with Crippen molar-refractivity contribution in [3.8, 4) is 0 Å². The van der Waals surface area contributed by atoms with E-state index in [1.165, 1.54) is 112 Å². The van der Waals surface area contributed by atoms with Gasteiger partial charge in [-0.2, -0.15) is 0 Å². The van der Waals surface area contributed by atoms with E-state index in [1.807, 2.05) is 13.8 Å². The van der Waals surface area contributed by atoms with Crippen LogP contribution in [0.4, 0.5) is 5.69 Å². The second kappa shape index (κ2) is 36.6. The average molecular weight is 1310 g/mol. The lowest BCUT2D eigenvalue weighted by atomic mass is 10.0. The fourth-order valence-corrected chi connectivity index (χ4v) is 15.7. The molecule has 0 unspecified atom stereocenters. The normalized spacial score (nSPS) is 11.8. The fraction of sp³-hybridized carbons (Fsp3) is 0.348. The Labute approximate surface area is 523 Å². The maximum absolute atomic E-state index is 12.5. The van der Waals surface area contributed by atoms with Crippen LogP contribution in [-0.2, 0) is 49.2 Å². The lowest BCUT2D eigenvalue weighted by molar-refractivity contribution is 0.102. The van der Waals surface area contributed by atoms with Crippen LogP contribution in [-0.4, -0.2) is 82.6 Å². The number of ketones is 1. The van der Waals surface area contributed by atoms with Crippen LogP contribution in [0.1, 0.15) is 125 Å². The fourth-order valence-electron chi connectivity index (χ4n) is 8.58. The number of Topliss-reactive ketones (excluding diaryl/α,β-unsaturated/α-hetero) is 1. The molecule has 0 aliphatic heterocycles. The van der Waals surface area contributed by atoms with Crippen LogP contribution in [0.3, 0.4) is 0 Å². The summed E-state index contributed by atoms with van der Waals surface area (Å²) in [4.78, 5) is 14.7. The monoisotopic (exact) mass is 1310 g/mol. The summed E-state index contributed by atoms with van der Waals surface area (Å²) in [6.45, 7) is 8.08. The number of halogens is 2. The van der Waals surface area contributed by atoms with Gasteiger partial charge in [0.2, 0.25) is 9.84 Å². The van der Waals surface area contributed by atoms with Crippen molar-refractivity contribution < 1.29 is 46.9 Å². The predicted octanol–water partition coefficient (Wildman–Crippen LogP) is 15.5. The van der Waals surface area contributed by atoms with Gasteiger partial charge in [-0.1, -0.05) is 204 Å². The summed E-state index contributed by atoms with van der Waals surface area (Å²) in [6.07, 6.45) is 17.8. The third-order valence-corrected chi connectivity index (χ3v) is 22.8. The molecule has 0 amide bonds. The SMILES string of the molecule is CCCCCCCCCCCCCCCCS(=O)(=O)c1ccc(N)cc1.CCN(CS(=O)(=O)c1ccc(C)cc1)CS(=O)(=O)c1ccc(C)cc1.O=C(CS(=O)(=O)c1ccccc1)c1ccccc1.O=S(=O)(c1ccc(Cl)cc1)c1ccc(Cl)cc1. The minimum atomic E-state index is -3.59. The second-order valence-corrected chi connectivity index (χ2v) is 31.7. The van der Waals surface area contributed by atoms with Crippen molar-refractivity contribution in [2.75, 3.05) is 35.5 Å². The van der Waals surface area contributed by atoms with Gasteiger partial charge in [-0.15, -0.1) is 0 Å². The Kier molecular flexibility index (Phi) is 30.9. The summed E-state index contributed by atoms with van der Waals surface area (Å²) >= 11 is 11.4. The van der Waals surface area contributed by atoms with E-state index >= 15 is 0 Å². The average Bonchev–Trinajstić information content (AvgIpc) is 2.52. The Bertz CT molecular complexity index is 3580. The van der Waals surface area contributed by atoms with Crippen molar-refractivity contribution in [1.29, 1.82) is 0 Å². The van der Waals surface area contributed by atoms with Crippen molar-refractivity contribution in [2.45, 2.75) is 147 Å². The lowest BCUT2D eigenvalue weighted by Crippen LogP contribution is -2.34. The lowest BCUT2D eigenvalue weighted by Gasteiger charge is -2.20. The predicted molar refractivity (Wildman–Crippen MR) is 350 cm³/mol. The number of anilines is 1. The number of benzene rings is 7. The molecule has 0 aliphatic rings. The van der Waals surface area contributed by atoms with Gasteiger partial charge in [0.15, 0.2) is 45.1 Å². The molecule has 7 aromatic rings. The number of carbonyl (C=O) groups is 1. The van der Waals surface area contributed by atoms with E-state index in [9.17, 15) is 46.9 Å². The third kappa shape index (κ3) is 25.9. The summed E-state index contributed by atoms with van der Waals surface area (Å²) in [5.74, 6) is -1.31. The Balaban J connectivity index is 0.000000249. The molecule has 20 heteroatoms. The molecule has 86 heavy (non-hydrogen) atoms. The highest BCUT2D eigenvalue weighted by molar-refractivity contribution is 7.93. The minimum absolute atomic E-state index is 0.175. The summed E-state index contributed by atoms with van der Waals surface area (Å²) in [5.41, 5.74) is 8.55. The number of aryl methyl sites for hydroxylation is 2. The van der Waals surface area contributed by atoms with E-state index in [0.29, 0.717) is 32.7 Å². The van der Waals surface area contributed by atoms with E-state index < -0.39 is 54.9 Å². The first-order chi connectivity index (χ1) is 40.8. The van der Waals surface area contributed by atoms with E-state index in [4.69, 9.17) is 28.9 Å². The number of nitrogens with two attached hydrogens (primary N) is 1. The van der Waals surface area contributed by atoms with Crippen LogP contribution in [0.2, 0.25) is 10.0 Å². The number of rotatable bonds is 29. The van der Waals surface area contributed by atoms with E-state index in [2.05, 4.69) is 6.92 Å². The zero-order valence-electron chi connectivity index (χ0n) is 49.6. The van der Waals surface area contributed by atoms with Crippen LogP contribution in [0.15, 0.2) is 211 Å². The highest BCUT2D eigenvalue weighted by atomic mass is 35.5. The van der Waals surface area contributed by atoms with Crippen molar-refractivity contribution in [3.63, 3.8) is 0 Å². The van der Waals surface area contributed by atoms with Crippen LogP contribution in [0, 0.1) is 13.8 Å². The first kappa shape index (κ1) is 72.8. The molecular weight excluding hydrogens is 1230 g/mol. The Morgan fingerprint density at radius 3 is 1.09 bits per heavy atom. The van der Waals surface area contributed by atoms with Crippen molar-refractivity contribution in [2.24, 2.45) is 0 Å². The molecule has 0 saturated heterocycles. The van der Waals surface area contributed by atoms with Crippen LogP contribution in [0.5, 0.6) is 0 Å². The largest absolute Gasteiger partial charge is 0.399 e. The molecule has 0 spiro atoms. The number of hydrogen-bond acceptors (Lipinski definition) is 13. The second-order valence-electron chi connectivity index (χ2n) is 20.9. The summed E-state index contributed by atoms with van der Waals surface area (Å²) in [7, 11) is -17.4. The zero-order chi connectivity index (χ0) is 63.2.